The Bertz CT molecular complexity index is 1000. The van der Waals surface area contributed by atoms with Gasteiger partial charge in [-0.15, -0.1) is 0 Å². The number of aromatic nitrogens is 1. The molecule has 1 heterocycles. The SMILES string of the molecule is Cc1cc(/C=C(/C#N)C(=O)NCc2ccc(C#N)cc2F)c(C)n1CC(C)C. The average Bonchev–Trinajstić information content (AvgIpc) is 2.91. The molecule has 2 rings (SSSR count). The van der Waals surface area contributed by atoms with E-state index < -0.39 is 11.7 Å². The quantitative estimate of drug-likeness (QED) is 0.609. The van der Waals surface area contributed by atoms with Crippen LogP contribution in [0.4, 0.5) is 4.39 Å². The first-order valence-electron chi connectivity index (χ1n) is 9.02. The van der Waals surface area contributed by atoms with E-state index in [0.717, 1.165) is 29.6 Å². The molecule has 0 fully saturated rings. The molecule has 5 nitrogen and oxygen atoms in total. The minimum absolute atomic E-state index is 0.0427. The molecule has 1 N–H and O–H groups in total. The third-order valence-electron chi connectivity index (χ3n) is 4.45. The van der Waals surface area contributed by atoms with E-state index in [1.165, 1.54) is 12.1 Å². The van der Waals surface area contributed by atoms with Gasteiger partial charge in [-0.05, 0) is 49.6 Å². The van der Waals surface area contributed by atoms with Crippen LogP contribution in [0.25, 0.3) is 6.08 Å². The molecule has 6 heteroatoms. The Labute approximate surface area is 164 Å². The number of nitrogens with one attached hydrogen (secondary N) is 1. The molecule has 0 atom stereocenters. The molecule has 0 aliphatic carbocycles. The third kappa shape index (κ3) is 4.86. The summed E-state index contributed by atoms with van der Waals surface area (Å²) in [4.78, 5) is 12.4. The van der Waals surface area contributed by atoms with Crippen LogP contribution in [0.1, 0.15) is 41.9 Å². The molecule has 1 aromatic heterocycles. The van der Waals surface area contributed by atoms with Gasteiger partial charge in [-0.1, -0.05) is 19.9 Å². The Morgan fingerprint density at radius 2 is 2.00 bits per heavy atom. The maximum Gasteiger partial charge on any atom is 0.262 e. The maximum atomic E-state index is 13.9. The average molecular weight is 378 g/mol. The summed E-state index contributed by atoms with van der Waals surface area (Å²) in [5.41, 5.74) is 3.29. The van der Waals surface area contributed by atoms with Crippen molar-refractivity contribution in [1.82, 2.24) is 9.88 Å². The smallest absolute Gasteiger partial charge is 0.262 e. The monoisotopic (exact) mass is 378 g/mol. The van der Waals surface area contributed by atoms with Crippen LogP contribution in [-0.2, 0) is 17.9 Å². The van der Waals surface area contributed by atoms with Gasteiger partial charge >= 0.3 is 0 Å². The number of nitrogens with zero attached hydrogens (tertiary/aromatic N) is 3. The van der Waals surface area contributed by atoms with Crippen LogP contribution in [0.15, 0.2) is 29.8 Å². The van der Waals surface area contributed by atoms with Crippen LogP contribution in [-0.4, -0.2) is 10.5 Å². The van der Waals surface area contributed by atoms with Crippen LogP contribution < -0.4 is 5.32 Å². The number of rotatable bonds is 6. The lowest BCUT2D eigenvalue weighted by Gasteiger charge is -2.12. The van der Waals surface area contributed by atoms with Crippen molar-refractivity contribution in [2.24, 2.45) is 5.92 Å². The number of hydrogen-bond donors (Lipinski definition) is 1. The molecule has 0 saturated carbocycles. The number of carbonyl (C=O) groups excluding carboxylic acids is 1. The molecule has 0 spiro atoms. The molecule has 0 saturated heterocycles. The molecule has 0 radical (unpaired) electrons. The fourth-order valence-electron chi connectivity index (χ4n) is 2.96. The highest BCUT2D eigenvalue weighted by molar-refractivity contribution is 6.01. The van der Waals surface area contributed by atoms with Gasteiger partial charge in [-0.3, -0.25) is 4.79 Å². The summed E-state index contributed by atoms with van der Waals surface area (Å²) in [5.74, 6) is -0.665. The molecule has 2 aromatic rings. The maximum absolute atomic E-state index is 13.9. The number of amides is 1. The van der Waals surface area contributed by atoms with Gasteiger partial charge in [0.05, 0.1) is 11.6 Å². The summed E-state index contributed by atoms with van der Waals surface area (Å²) in [6, 6.07) is 9.77. The highest BCUT2D eigenvalue weighted by Gasteiger charge is 2.14. The van der Waals surface area contributed by atoms with Crippen LogP contribution in [0, 0.1) is 48.2 Å². The van der Waals surface area contributed by atoms with Gasteiger partial charge in [0.25, 0.3) is 5.91 Å². The van der Waals surface area contributed by atoms with Gasteiger partial charge in [0, 0.05) is 30.0 Å². The van der Waals surface area contributed by atoms with E-state index in [4.69, 9.17) is 5.26 Å². The van der Waals surface area contributed by atoms with Crippen molar-refractivity contribution >= 4 is 12.0 Å². The Morgan fingerprint density at radius 1 is 1.29 bits per heavy atom. The van der Waals surface area contributed by atoms with Gasteiger partial charge in [0.15, 0.2) is 0 Å². The number of carbonyl (C=O) groups is 1. The summed E-state index contributed by atoms with van der Waals surface area (Å²) in [5, 5.41) is 20.7. The highest BCUT2D eigenvalue weighted by Crippen LogP contribution is 2.20. The molecule has 0 aliphatic rings. The second-order valence-electron chi connectivity index (χ2n) is 7.10. The van der Waals surface area contributed by atoms with Gasteiger partial charge in [0.2, 0.25) is 0 Å². The summed E-state index contributed by atoms with van der Waals surface area (Å²) in [7, 11) is 0. The van der Waals surface area contributed by atoms with E-state index in [9.17, 15) is 14.4 Å². The fraction of sp³-hybridized carbons (Fsp3) is 0.318. The first-order valence-corrected chi connectivity index (χ1v) is 9.02. The van der Waals surface area contributed by atoms with Crippen molar-refractivity contribution in [2.45, 2.75) is 40.8 Å². The zero-order valence-corrected chi connectivity index (χ0v) is 16.5. The molecule has 1 aromatic carbocycles. The molecule has 1 amide bonds. The number of aryl methyl sites for hydroxylation is 1. The number of benzene rings is 1. The summed E-state index contributed by atoms with van der Waals surface area (Å²) in [6.45, 7) is 9.00. The zero-order chi connectivity index (χ0) is 20.8. The van der Waals surface area contributed by atoms with Crippen LogP contribution in [0.2, 0.25) is 0 Å². The lowest BCUT2D eigenvalue weighted by atomic mass is 10.1. The molecule has 28 heavy (non-hydrogen) atoms. The predicted octanol–water partition coefficient (Wildman–Crippen LogP) is 4.00. The highest BCUT2D eigenvalue weighted by atomic mass is 19.1. The van der Waals surface area contributed by atoms with Crippen molar-refractivity contribution in [1.29, 1.82) is 10.5 Å². The van der Waals surface area contributed by atoms with Crippen molar-refractivity contribution in [3.05, 3.63) is 63.7 Å². The van der Waals surface area contributed by atoms with Crippen LogP contribution in [0.3, 0.4) is 0 Å². The Hall–Kier alpha value is -3.38. The summed E-state index contributed by atoms with van der Waals surface area (Å²) < 4.78 is 16.1. The number of nitriles is 2. The van der Waals surface area contributed by atoms with E-state index in [-0.39, 0.29) is 23.2 Å². The lowest BCUT2D eigenvalue weighted by molar-refractivity contribution is -0.117. The minimum Gasteiger partial charge on any atom is -0.348 e. The van der Waals surface area contributed by atoms with Crippen molar-refractivity contribution in [3.8, 4) is 12.1 Å². The van der Waals surface area contributed by atoms with Crippen LogP contribution in [0.5, 0.6) is 0 Å². The molecular weight excluding hydrogens is 355 g/mol. The molecule has 0 unspecified atom stereocenters. The first kappa shape index (κ1) is 20.9. The fourth-order valence-corrected chi connectivity index (χ4v) is 2.96. The topological polar surface area (TPSA) is 81.6 Å². The molecule has 144 valence electrons. The van der Waals surface area contributed by atoms with E-state index in [2.05, 4.69) is 23.7 Å². The number of halogens is 1. The standard InChI is InChI=1S/C22H23FN4O/c1-14(2)13-27-15(3)7-19(16(27)4)9-20(11-25)22(28)26-12-18-6-5-17(10-24)8-21(18)23/h5-9,14H,12-13H2,1-4H3,(H,26,28)/b20-9-. The lowest BCUT2D eigenvalue weighted by Crippen LogP contribution is -2.24. The van der Waals surface area contributed by atoms with E-state index >= 15 is 0 Å². The predicted molar refractivity (Wildman–Crippen MR) is 105 cm³/mol. The zero-order valence-electron chi connectivity index (χ0n) is 16.5. The largest absolute Gasteiger partial charge is 0.348 e. The molecule has 0 bridgehead atoms. The Kier molecular flexibility index (Phi) is 6.74. The summed E-state index contributed by atoms with van der Waals surface area (Å²) >= 11 is 0. The molecular formula is C22H23FN4O. The third-order valence-corrected chi connectivity index (χ3v) is 4.45. The normalized spacial score (nSPS) is 11.2. The Balaban J connectivity index is 2.18. The van der Waals surface area contributed by atoms with Crippen molar-refractivity contribution in [2.75, 3.05) is 0 Å². The van der Waals surface area contributed by atoms with E-state index in [1.807, 2.05) is 32.1 Å². The summed E-state index contributed by atoms with van der Waals surface area (Å²) in [6.07, 6.45) is 1.56. The van der Waals surface area contributed by atoms with Gasteiger partial charge < -0.3 is 9.88 Å². The Morgan fingerprint density at radius 3 is 2.57 bits per heavy atom. The van der Waals surface area contributed by atoms with E-state index in [1.54, 1.807) is 6.08 Å². The first-order chi connectivity index (χ1) is 13.3. The van der Waals surface area contributed by atoms with E-state index in [0.29, 0.717) is 5.92 Å². The van der Waals surface area contributed by atoms with Gasteiger partial charge in [0.1, 0.15) is 17.5 Å². The second-order valence-corrected chi connectivity index (χ2v) is 7.10. The van der Waals surface area contributed by atoms with Gasteiger partial charge in [-0.25, -0.2) is 4.39 Å². The van der Waals surface area contributed by atoms with Crippen molar-refractivity contribution < 1.29 is 9.18 Å². The van der Waals surface area contributed by atoms with Crippen LogP contribution >= 0.6 is 0 Å². The van der Waals surface area contributed by atoms with Crippen molar-refractivity contribution in [3.63, 3.8) is 0 Å². The minimum atomic E-state index is -0.570. The number of hydrogen-bond acceptors (Lipinski definition) is 3. The molecule has 0 aliphatic heterocycles. The van der Waals surface area contributed by atoms with Gasteiger partial charge in [-0.2, -0.15) is 10.5 Å². The second kappa shape index (κ2) is 9.01.